The Hall–Kier alpha value is -2.95. The topological polar surface area (TPSA) is 69.4 Å². The van der Waals surface area contributed by atoms with E-state index in [-0.39, 0.29) is 23.1 Å². The van der Waals surface area contributed by atoms with E-state index in [4.69, 9.17) is 4.74 Å². The fourth-order valence-corrected chi connectivity index (χ4v) is 1.97. The largest absolute Gasteiger partial charge is 0.491 e. The predicted octanol–water partition coefficient (Wildman–Crippen LogP) is 4.28. The van der Waals surface area contributed by atoms with E-state index in [0.29, 0.717) is 0 Å². The van der Waals surface area contributed by atoms with E-state index in [2.05, 4.69) is 0 Å². The fraction of sp³-hybridized carbons (Fsp3) is 0.167. The lowest BCUT2D eigenvalue weighted by Crippen LogP contribution is -2.05. The molecule has 0 radical (unpaired) electrons. The summed E-state index contributed by atoms with van der Waals surface area (Å²) in [6, 6.07) is 13.0. The number of rotatable bonds is 6. The number of hydrogen-bond donors (Lipinski definition) is 0. The number of ketones is 1. The third-order valence-electron chi connectivity index (χ3n) is 3.02. The summed E-state index contributed by atoms with van der Waals surface area (Å²) in [5.41, 5.74) is 1.04. The highest BCUT2D eigenvalue weighted by atomic mass is 16.6. The Morgan fingerprint density at radius 3 is 2.48 bits per heavy atom. The van der Waals surface area contributed by atoms with E-state index in [1.54, 1.807) is 12.1 Å². The summed E-state index contributed by atoms with van der Waals surface area (Å²) in [7, 11) is 0. The van der Waals surface area contributed by atoms with Gasteiger partial charge in [0.05, 0.1) is 11.0 Å². The average Bonchev–Trinajstić information content (AvgIpc) is 2.53. The van der Waals surface area contributed by atoms with E-state index < -0.39 is 4.92 Å². The minimum Gasteiger partial charge on any atom is -0.491 e. The Kier molecular flexibility index (Phi) is 5.25. The normalized spacial score (nSPS) is 10.9. The van der Waals surface area contributed by atoms with Crippen molar-refractivity contribution in [1.29, 1.82) is 0 Å². The van der Waals surface area contributed by atoms with Crippen molar-refractivity contribution in [1.82, 2.24) is 0 Å². The molecule has 0 atom stereocenters. The molecule has 0 amide bonds. The number of non-ortho nitro benzene ring substituents is 1. The maximum Gasteiger partial charge on any atom is 0.270 e. The zero-order valence-electron chi connectivity index (χ0n) is 12.9. The van der Waals surface area contributed by atoms with E-state index in [9.17, 15) is 14.9 Å². The SMILES string of the molecule is CC(C)Oc1ccc(/C=C/C(=O)c2cccc([N+](=O)[O-])c2)cc1. The van der Waals surface area contributed by atoms with Gasteiger partial charge < -0.3 is 4.74 Å². The highest BCUT2D eigenvalue weighted by Crippen LogP contribution is 2.16. The molecule has 0 aliphatic rings. The first-order valence-electron chi connectivity index (χ1n) is 7.19. The summed E-state index contributed by atoms with van der Waals surface area (Å²) < 4.78 is 5.54. The fourth-order valence-electron chi connectivity index (χ4n) is 1.97. The molecule has 118 valence electrons. The summed E-state index contributed by atoms with van der Waals surface area (Å²) >= 11 is 0. The van der Waals surface area contributed by atoms with Gasteiger partial charge in [-0.15, -0.1) is 0 Å². The monoisotopic (exact) mass is 311 g/mol. The quantitative estimate of drug-likeness (QED) is 0.345. The number of hydrogen-bond acceptors (Lipinski definition) is 4. The van der Waals surface area contributed by atoms with Crippen molar-refractivity contribution in [2.75, 3.05) is 0 Å². The molecule has 0 aliphatic carbocycles. The zero-order valence-corrected chi connectivity index (χ0v) is 12.9. The molecule has 0 N–H and O–H groups in total. The molecule has 2 rings (SSSR count). The van der Waals surface area contributed by atoms with Gasteiger partial charge in [-0.1, -0.05) is 30.3 Å². The molecule has 0 aliphatic heterocycles. The number of allylic oxidation sites excluding steroid dienone is 1. The van der Waals surface area contributed by atoms with Crippen LogP contribution < -0.4 is 4.74 Å². The number of nitro benzene ring substituents is 1. The summed E-state index contributed by atoms with van der Waals surface area (Å²) in [6.45, 7) is 3.90. The molecular formula is C18H17NO4. The number of nitrogens with zero attached hydrogens (tertiary/aromatic N) is 1. The molecule has 0 spiro atoms. The highest BCUT2D eigenvalue weighted by Gasteiger charge is 2.09. The van der Waals surface area contributed by atoms with E-state index in [0.717, 1.165) is 11.3 Å². The van der Waals surface area contributed by atoms with Crippen LogP contribution in [0.15, 0.2) is 54.6 Å². The summed E-state index contributed by atoms with van der Waals surface area (Å²) in [5, 5.41) is 10.7. The van der Waals surface area contributed by atoms with Gasteiger partial charge in [-0.25, -0.2) is 0 Å². The Morgan fingerprint density at radius 1 is 1.17 bits per heavy atom. The molecule has 0 aromatic heterocycles. The van der Waals surface area contributed by atoms with Crippen molar-refractivity contribution in [3.8, 4) is 5.75 Å². The smallest absolute Gasteiger partial charge is 0.270 e. The Labute approximate surface area is 134 Å². The lowest BCUT2D eigenvalue weighted by atomic mass is 10.1. The molecule has 0 unspecified atom stereocenters. The van der Waals surface area contributed by atoms with Gasteiger partial charge in [0.1, 0.15) is 5.75 Å². The first kappa shape index (κ1) is 16.4. The molecule has 2 aromatic carbocycles. The standard InChI is InChI=1S/C18H17NO4/c1-13(2)23-17-9-6-14(7-10-17)8-11-18(20)15-4-3-5-16(12-15)19(21)22/h3-13H,1-2H3/b11-8+. The number of ether oxygens (including phenoxy) is 1. The lowest BCUT2D eigenvalue weighted by Gasteiger charge is -2.09. The molecule has 2 aromatic rings. The minimum atomic E-state index is -0.520. The first-order chi connectivity index (χ1) is 11.0. The van der Waals surface area contributed by atoms with Gasteiger partial charge in [0.2, 0.25) is 0 Å². The zero-order chi connectivity index (χ0) is 16.8. The second kappa shape index (κ2) is 7.35. The van der Waals surface area contributed by atoms with Crippen LogP contribution in [0.25, 0.3) is 6.08 Å². The van der Waals surface area contributed by atoms with Gasteiger partial charge in [0.15, 0.2) is 5.78 Å². The second-order valence-electron chi connectivity index (χ2n) is 5.24. The molecule has 5 nitrogen and oxygen atoms in total. The first-order valence-corrected chi connectivity index (χ1v) is 7.19. The molecule has 0 fully saturated rings. The van der Waals surface area contributed by atoms with Crippen molar-refractivity contribution in [2.24, 2.45) is 0 Å². The van der Waals surface area contributed by atoms with E-state index in [1.165, 1.54) is 24.3 Å². The van der Waals surface area contributed by atoms with Crippen molar-refractivity contribution >= 4 is 17.5 Å². The Morgan fingerprint density at radius 2 is 1.87 bits per heavy atom. The third kappa shape index (κ3) is 4.78. The van der Waals surface area contributed by atoms with Gasteiger partial charge in [0.25, 0.3) is 5.69 Å². The van der Waals surface area contributed by atoms with Crippen molar-refractivity contribution in [3.05, 3.63) is 75.8 Å². The van der Waals surface area contributed by atoms with Gasteiger partial charge >= 0.3 is 0 Å². The number of carbonyl (C=O) groups is 1. The Balaban J connectivity index is 2.09. The van der Waals surface area contributed by atoms with Crippen LogP contribution in [0.4, 0.5) is 5.69 Å². The van der Waals surface area contributed by atoms with Crippen LogP contribution >= 0.6 is 0 Å². The highest BCUT2D eigenvalue weighted by molar-refractivity contribution is 6.07. The molecule has 23 heavy (non-hydrogen) atoms. The van der Waals surface area contributed by atoms with Gasteiger partial charge in [-0.3, -0.25) is 14.9 Å². The van der Waals surface area contributed by atoms with Crippen molar-refractivity contribution in [3.63, 3.8) is 0 Å². The van der Waals surface area contributed by atoms with Crippen molar-refractivity contribution < 1.29 is 14.5 Å². The van der Waals surface area contributed by atoms with Crippen LogP contribution in [0.2, 0.25) is 0 Å². The molecule has 0 heterocycles. The molecular weight excluding hydrogens is 294 g/mol. The molecule has 0 bridgehead atoms. The van der Waals surface area contributed by atoms with Crippen LogP contribution in [0.1, 0.15) is 29.8 Å². The van der Waals surface area contributed by atoms with Crippen LogP contribution in [-0.4, -0.2) is 16.8 Å². The third-order valence-corrected chi connectivity index (χ3v) is 3.02. The molecule has 0 saturated carbocycles. The number of benzene rings is 2. The summed E-state index contributed by atoms with van der Waals surface area (Å²) in [5.74, 6) is 0.485. The molecule has 5 heteroatoms. The molecule has 0 saturated heterocycles. The average molecular weight is 311 g/mol. The Bertz CT molecular complexity index is 733. The van der Waals surface area contributed by atoms with E-state index in [1.807, 2.05) is 38.1 Å². The van der Waals surface area contributed by atoms with Crippen LogP contribution in [0.3, 0.4) is 0 Å². The summed E-state index contributed by atoms with van der Waals surface area (Å²) in [4.78, 5) is 22.3. The van der Waals surface area contributed by atoms with Crippen LogP contribution in [0.5, 0.6) is 5.75 Å². The predicted molar refractivity (Wildman–Crippen MR) is 88.7 cm³/mol. The van der Waals surface area contributed by atoms with E-state index >= 15 is 0 Å². The maximum absolute atomic E-state index is 12.1. The number of nitro groups is 1. The number of carbonyl (C=O) groups excluding carboxylic acids is 1. The van der Waals surface area contributed by atoms with Crippen LogP contribution in [-0.2, 0) is 0 Å². The maximum atomic E-state index is 12.1. The van der Waals surface area contributed by atoms with Crippen molar-refractivity contribution in [2.45, 2.75) is 20.0 Å². The summed E-state index contributed by atoms with van der Waals surface area (Å²) in [6.07, 6.45) is 3.17. The van der Waals surface area contributed by atoms with Gasteiger partial charge in [-0.05, 0) is 37.6 Å². The minimum absolute atomic E-state index is 0.0977. The van der Waals surface area contributed by atoms with Crippen LogP contribution in [0, 0.1) is 10.1 Å². The lowest BCUT2D eigenvalue weighted by molar-refractivity contribution is -0.384. The van der Waals surface area contributed by atoms with Gasteiger partial charge in [0, 0.05) is 17.7 Å². The van der Waals surface area contributed by atoms with Gasteiger partial charge in [-0.2, -0.15) is 0 Å². The second-order valence-corrected chi connectivity index (χ2v) is 5.24.